The lowest BCUT2D eigenvalue weighted by Crippen LogP contribution is -2.40. The summed E-state index contributed by atoms with van der Waals surface area (Å²) in [5.74, 6) is -1.73. The number of hydrogen-bond acceptors (Lipinski definition) is 2. The van der Waals surface area contributed by atoms with E-state index in [2.05, 4.69) is 5.32 Å². The molecule has 1 rings (SSSR count). The van der Waals surface area contributed by atoms with Gasteiger partial charge in [-0.15, -0.1) is 0 Å². The summed E-state index contributed by atoms with van der Waals surface area (Å²) in [6, 6.07) is 5.15. The van der Waals surface area contributed by atoms with Gasteiger partial charge < -0.3 is 10.4 Å². The Hall–Kier alpha value is -1.91. The van der Waals surface area contributed by atoms with Crippen LogP contribution in [0.2, 0.25) is 0 Å². The Kier molecular flexibility index (Phi) is 5.30. The van der Waals surface area contributed by atoms with Crippen LogP contribution >= 0.6 is 0 Å². The number of carbonyl (C=O) groups excluding carboxylic acids is 1. The SMILES string of the molecule is CCC(NC(=O)CCc1cccc(F)c1)C(=O)O. The second-order valence-corrected chi connectivity index (χ2v) is 4.00. The predicted octanol–water partition coefficient (Wildman–Crippen LogP) is 1.74. The van der Waals surface area contributed by atoms with Gasteiger partial charge in [0.2, 0.25) is 5.91 Å². The molecule has 0 aromatic heterocycles. The highest BCUT2D eigenvalue weighted by Gasteiger charge is 2.17. The van der Waals surface area contributed by atoms with Crippen molar-refractivity contribution in [2.75, 3.05) is 0 Å². The van der Waals surface area contributed by atoms with E-state index in [4.69, 9.17) is 5.11 Å². The molecule has 0 saturated carbocycles. The second kappa shape index (κ2) is 6.74. The third kappa shape index (κ3) is 4.53. The summed E-state index contributed by atoms with van der Waals surface area (Å²) in [5.41, 5.74) is 0.716. The number of carboxylic acids is 1. The van der Waals surface area contributed by atoms with Gasteiger partial charge in [0.25, 0.3) is 0 Å². The van der Waals surface area contributed by atoms with Crippen molar-refractivity contribution in [1.82, 2.24) is 5.32 Å². The van der Waals surface area contributed by atoms with E-state index < -0.39 is 12.0 Å². The summed E-state index contributed by atoms with van der Waals surface area (Å²) in [5, 5.41) is 11.2. The fourth-order valence-corrected chi connectivity index (χ4v) is 1.56. The highest BCUT2D eigenvalue weighted by Crippen LogP contribution is 2.06. The molecule has 4 nitrogen and oxygen atoms in total. The monoisotopic (exact) mass is 253 g/mol. The van der Waals surface area contributed by atoms with Crippen LogP contribution in [0.25, 0.3) is 0 Å². The maximum Gasteiger partial charge on any atom is 0.326 e. The lowest BCUT2D eigenvalue weighted by Gasteiger charge is -2.12. The molecule has 1 amide bonds. The number of aryl methyl sites for hydroxylation is 1. The number of rotatable bonds is 6. The molecule has 1 aromatic carbocycles. The van der Waals surface area contributed by atoms with Gasteiger partial charge in [-0.2, -0.15) is 0 Å². The minimum absolute atomic E-state index is 0.146. The molecule has 5 heteroatoms. The number of hydrogen-bond donors (Lipinski definition) is 2. The zero-order valence-corrected chi connectivity index (χ0v) is 10.1. The fraction of sp³-hybridized carbons (Fsp3) is 0.385. The van der Waals surface area contributed by atoms with Crippen LogP contribution in [0.4, 0.5) is 4.39 Å². The lowest BCUT2D eigenvalue weighted by atomic mass is 10.1. The molecule has 2 N–H and O–H groups in total. The first-order chi connectivity index (χ1) is 8.52. The molecule has 1 unspecified atom stereocenters. The van der Waals surface area contributed by atoms with Crippen molar-refractivity contribution in [3.8, 4) is 0 Å². The van der Waals surface area contributed by atoms with E-state index in [1.54, 1.807) is 19.1 Å². The standard InChI is InChI=1S/C13H16FNO3/c1-2-11(13(17)18)15-12(16)7-6-9-4-3-5-10(14)8-9/h3-5,8,11H,2,6-7H2,1H3,(H,15,16)(H,17,18). The number of amides is 1. The topological polar surface area (TPSA) is 66.4 Å². The third-order valence-electron chi connectivity index (χ3n) is 2.57. The minimum atomic E-state index is -1.04. The molecule has 1 aromatic rings. The van der Waals surface area contributed by atoms with E-state index in [1.807, 2.05) is 0 Å². The first-order valence-electron chi connectivity index (χ1n) is 5.79. The summed E-state index contributed by atoms with van der Waals surface area (Å²) < 4.78 is 12.9. The number of halogens is 1. The lowest BCUT2D eigenvalue weighted by molar-refractivity contribution is -0.141. The highest BCUT2D eigenvalue weighted by molar-refractivity contribution is 5.83. The van der Waals surface area contributed by atoms with Crippen LogP contribution in [0.5, 0.6) is 0 Å². The van der Waals surface area contributed by atoms with Crippen LogP contribution in [0.1, 0.15) is 25.3 Å². The molecule has 0 heterocycles. The maximum absolute atomic E-state index is 12.9. The Morgan fingerprint density at radius 2 is 2.17 bits per heavy atom. The molecule has 0 radical (unpaired) electrons. The number of benzene rings is 1. The molecular weight excluding hydrogens is 237 g/mol. The molecule has 0 aliphatic rings. The van der Waals surface area contributed by atoms with Gasteiger partial charge in [-0.3, -0.25) is 4.79 Å². The molecular formula is C13H16FNO3. The molecule has 0 fully saturated rings. The van der Waals surface area contributed by atoms with Gasteiger partial charge in [0.05, 0.1) is 0 Å². The van der Waals surface area contributed by atoms with E-state index in [0.717, 1.165) is 0 Å². The molecule has 0 saturated heterocycles. The Morgan fingerprint density at radius 1 is 1.44 bits per heavy atom. The number of carbonyl (C=O) groups is 2. The van der Waals surface area contributed by atoms with Crippen molar-refractivity contribution in [2.45, 2.75) is 32.2 Å². The van der Waals surface area contributed by atoms with E-state index in [0.29, 0.717) is 18.4 Å². The van der Waals surface area contributed by atoms with Crippen molar-refractivity contribution in [2.24, 2.45) is 0 Å². The van der Waals surface area contributed by atoms with E-state index in [9.17, 15) is 14.0 Å². The number of carboxylic acid groups (broad SMARTS) is 1. The van der Waals surface area contributed by atoms with Crippen LogP contribution in [-0.4, -0.2) is 23.0 Å². The highest BCUT2D eigenvalue weighted by atomic mass is 19.1. The van der Waals surface area contributed by atoms with Gasteiger partial charge in [-0.25, -0.2) is 9.18 Å². The Bertz CT molecular complexity index is 434. The minimum Gasteiger partial charge on any atom is -0.480 e. The van der Waals surface area contributed by atoms with Gasteiger partial charge in [0.1, 0.15) is 11.9 Å². The van der Waals surface area contributed by atoms with Crippen molar-refractivity contribution in [3.63, 3.8) is 0 Å². The molecule has 0 bridgehead atoms. The summed E-state index contributed by atoms with van der Waals surface area (Å²) in [6.07, 6.45) is 0.869. The Balaban J connectivity index is 2.44. The fourth-order valence-electron chi connectivity index (χ4n) is 1.56. The molecule has 18 heavy (non-hydrogen) atoms. The predicted molar refractivity (Wildman–Crippen MR) is 64.6 cm³/mol. The summed E-state index contributed by atoms with van der Waals surface area (Å²) in [7, 11) is 0. The maximum atomic E-state index is 12.9. The van der Waals surface area contributed by atoms with Gasteiger partial charge in [0.15, 0.2) is 0 Å². The van der Waals surface area contributed by atoms with Crippen molar-refractivity contribution >= 4 is 11.9 Å². The van der Waals surface area contributed by atoms with Crippen LogP contribution in [-0.2, 0) is 16.0 Å². The van der Waals surface area contributed by atoms with Crippen molar-refractivity contribution in [1.29, 1.82) is 0 Å². The summed E-state index contributed by atoms with van der Waals surface area (Å²) >= 11 is 0. The van der Waals surface area contributed by atoms with Gasteiger partial charge in [0, 0.05) is 6.42 Å². The number of aliphatic carboxylic acids is 1. The van der Waals surface area contributed by atoms with Crippen molar-refractivity contribution in [3.05, 3.63) is 35.6 Å². The summed E-state index contributed by atoms with van der Waals surface area (Å²) in [4.78, 5) is 22.2. The second-order valence-electron chi connectivity index (χ2n) is 4.00. The molecule has 0 spiro atoms. The van der Waals surface area contributed by atoms with Crippen LogP contribution in [0.3, 0.4) is 0 Å². The largest absolute Gasteiger partial charge is 0.480 e. The first kappa shape index (κ1) is 14.2. The zero-order valence-electron chi connectivity index (χ0n) is 10.1. The van der Waals surface area contributed by atoms with E-state index in [1.165, 1.54) is 12.1 Å². The van der Waals surface area contributed by atoms with Crippen LogP contribution < -0.4 is 5.32 Å². The molecule has 0 aliphatic heterocycles. The van der Waals surface area contributed by atoms with Crippen LogP contribution in [0, 0.1) is 5.82 Å². The van der Waals surface area contributed by atoms with E-state index >= 15 is 0 Å². The van der Waals surface area contributed by atoms with Gasteiger partial charge in [-0.1, -0.05) is 19.1 Å². The third-order valence-corrected chi connectivity index (χ3v) is 2.57. The Labute approximate surface area is 105 Å². The van der Waals surface area contributed by atoms with E-state index in [-0.39, 0.29) is 18.1 Å². The smallest absolute Gasteiger partial charge is 0.326 e. The first-order valence-corrected chi connectivity index (χ1v) is 5.79. The van der Waals surface area contributed by atoms with Crippen molar-refractivity contribution < 1.29 is 19.1 Å². The molecule has 1 atom stereocenters. The summed E-state index contributed by atoms with van der Waals surface area (Å²) in [6.45, 7) is 1.69. The number of nitrogens with one attached hydrogen (secondary N) is 1. The molecule has 0 aliphatic carbocycles. The quantitative estimate of drug-likeness (QED) is 0.811. The van der Waals surface area contributed by atoms with Gasteiger partial charge in [-0.05, 0) is 30.5 Å². The average Bonchev–Trinajstić information content (AvgIpc) is 2.33. The average molecular weight is 253 g/mol. The zero-order chi connectivity index (χ0) is 13.5. The normalized spacial score (nSPS) is 11.9. The Morgan fingerprint density at radius 3 is 2.72 bits per heavy atom. The molecule has 98 valence electrons. The van der Waals surface area contributed by atoms with Gasteiger partial charge >= 0.3 is 5.97 Å². The van der Waals surface area contributed by atoms with Crippen LogP contribution in [0.15, 0.2) is 24.3 Å².